The second-order valence-corrected chi connectivity index (χ2v) is 3.54. The van der Waals surface area contributed by atoms with Gasteiger partial charge in [-0.25, -0.2) is 0 Å². The Balaban J connectivity index is 3.31. The van der Waals surface area contributed by atoms with Crippen molar-refractivity contribution in [1.29, 1.82) is 0 Å². The Morgan fingerprint density at radius 3 is 1.48 bits per heavy atom. The highest BCUT2D eigenvalue weighted by molar-refractivity contribution is 5.59. The van der Waals surface area contributed by atoms with Crippen molar-refractivity contribution in [2.45, 2.75) is 18.9 Å². The van der Waals surface area contributed by atoms with Crippen LogP contribution in [-0.4, -0.2) is 18.9 Å². The number of halogens is 10. The zero-order chi connectivity index (χ0) is 16.6. The maximum atomic E-state index is 12.8. The van der Waals surface area contributed by atoms with E-state index in [9.17, 15) is 44.0 Å². The van der Waals surface area contributed by atoms with E-state index < -0.39 is 40.3 Å². The summed E-state index contributed by atoms with van der Waals surface area (Å²) in [5.41, 5.74) is -3.24. The zero-order valence-electron chi connectivity index (χ0n) is 9.48. The Kier molecular flexibility index (Phi) is 4.21. The van der Waals surface area contributed by atoms with Crippen LogP contribution in [0.15, 0.2) is 24.3 Å². The van der Waals surface area contributed by atoms with Crippen LogP contribution in [0.4, 0.5) is 55.4 Å². The lowest BCUT2D eigenvalue weighted by Gasteiger charge is -2.29. The molecule has 1 rings (SSSR count). The average Bonchev–Trinajstić information content (AvgIpc) is 2.23. The lowest BCUT2D eigenvalue weighted by Crippen LogP contribution is -2.48. The van der Waals surface area contributed by atoms with Crippen LogP contribution in [0, 0.1) is 0 Å². The van der Waals surface area contributed by atoms with Crippen LogP contribution in [0.2, 0.25) is 0 Å². The lowest BCUT2D eigenvalue weighted by molar-refractivity contribution is -0.226. The summed E-state index contributed by atoms with van der Waals surface area (Å²) in [5, 5.41) is -1.90. The molecule has 12 heteroatoms. The van der Waals surface area contributed by atoms with E-state index in [4.69, 9.17) is 0 Å². The van der Waals surface area contributed by atoms with Gasteiger partial charge in [-0.05, 0) is 18.2 Å². The van der Waals surface area contributed by atoms with Crippen molar-refractivity contribution in [3.63, 3.8) is 0 Å². The van der Waals surface area contributed by atoms with E-state index in [0.717, 1.165) is 0 Å². The van der Waals surface area contributed by atoms with Gasteiger partial charge < -0.3 is 0 Å². The number of nitrogens with zero attached hydrogens (tertiary/aromatic N) is 2. The number of alkyl halides is 9. The SMILES string of the molecule is FN(c1cccc(N(C(F)(F)F)C(F)(F)F)c1)C(F)(F)F. The second-order valence-electron chi connectivity index (χ2n) is 3.54. The van der Waals surface area contributed by atoms with Crippen LogP contribution in [0.1, 0.15) is 0 Å². The van der Waals surface area contributed by atoms with Gasteiger partial charge in [0.25, 0.3) is 0 Å². The molecule has 0 fully saturated rings. The summed E-state index contributed by atoms with van der Waals surface area (Å²) in [4.78, 5) is -2.03. The predicted octanol–water partition coefficient (Wildman–Crippen LogP) is 4.74. The fourth-order valence-electron chi connectivity index (χ4n) is 1.34. The highest BCUT2D eigenvalue weighted by Gasteiger charge is 2.54. The maximum absolute atomic E-state index is 12.8. The minimum Gasteiger partial charge on any atom is -0.193 e. The van der Waals surface area contributed by atoms with Crippen molar-refractivity contribution >= 4 is 11.4 Å². The molecule has 0 aromatic heterocycles. The van der Waals surface area contributed by atoms with Crippen molar-refractivity contribution < 1.29 is 44.0 Å². The first kappa shape index (κ1) is 17.2. The number of anilines is 2. The van der Waals surface area contributed by atoms with E-state index in [0.29, 0.717) is 12.1 Å². The van der Waals surface area contributed by atoms with Crippen LogP contribution in [0.5, 0.6) is 0 Å². The van der Waals surface area contributed by atoms with Gasteiger partial charge >= 0.3 is 18.9 Å². The van der Waals surface area contributed by atoms with Gasteiger partial charge in [0.2, 0.25) is 0 Å². The normalized spacial score (nSPS) is 13.2. The fraction of sp³-hybridized carbons (Fsp3) is 0.333. The Hall–Kier alpha value is -1.88. The molecule has 21 heavy (non-hydrogen) atoms. The molecule has 0 radical (unpaired) electrons. The Labute approximate surface area is 110 Å². The van der Waals surface area contributed by atoms with E-state index in [1.165, 1.54) is 0 Å². The molecule has 120 valence electrons. The topological polar surface area (TPSA) is 6.48 Å². The first-order valence-electron chi connectivity index (χ1n) is 4.81. The molecule has 0 heterocycles. The summed E-state index contributed by atoms with van der Waals surface area (Å²) in [6, 6.07) is 0.804. The number of hydrogen-bond acceptors (Lipinski definition) is 2. The summed E-state index contributed by atoms with van der Waals surface area (Å²) in [7, 11) is 0. The third-order valence-corrected chi connectivity index (χ3v) is 2.04. The Bertz CT molecular complexity index is 475. The molecule has 0 bridgehead atoms. The largest absolute Gasteiger partial charge is 0.512 e. The highest BCUT2D eigenvalue weighted by Crippen LogP contribution is 2.40. The molecule has 1 aromatic rings. The monoisotopic (exact) mass is 330 g/mol. The molecule has 2 nitrogen and oxygen atoms in total. The van der Waals surface area contributed by atoms with E-state index in [-0.39, 0.29) is 12.1 Å². The Morgan fingerprint density at radius 1 is 0.667 bits per heavy atom. The van der Waals surface area contributed by atoms with Gasteiger partial charge in [0.15, 0.2) is 0 Å². The van der Waals surface area contributed by atoms with Gasteiger partial charge in [0.05, 0.1) is 11.4 Å². The molecule has 0 aliphatic heterocycles. The minimum atomic E-state index is -5.95. The number of rotatable bonds is 2. The molecule has 0 unspecified atom stereocenters. The lowest BCUT2D eigenvalue weighted by atomic mass is 10.2. The van der Waals surface area contributed by atoms with Crippen LogP contribution < -0.4 is 10.0 Å². The molecule has 0 saturated heterocycles. The Morgan fingerprint density at radius 2 is 1.10 bits per heavy atom. The van der Waals surface area contributed by atoms with Gasteiger partial charge in [-0.2, -0.15) is 4.90 Å². The van der Waals surface area contributed by atoms with Gasteiger partial charge in [0, 0.05) is 0 Å². The van der Waals surface area contributed by atoms with E-state index in [2.05, 4.69) is 0 Å². The average molecular weight is 330 g/mol. The first-order valence-corrected chi connectivity index (χ1v) is 4.81. The smallest absolute Gasteiger partial charge is 0.193 e. The predicted molar refractivity (Wildman–Crippen MR) is 50.7 cm³/mol. The molecule has 0 aliphatic rings. The molecule has 0 atom stereocenters. The summed E-state index contributed by atoms with van der Waals surface area (Å²) in [5.74, 6) is 0. The van der Waals surface area contributed by atoms with E-state index in [1.807, 2.05) is 0 Å². The van der Waals surface area contributed by atoms with Crippen molar-refractivity contribution in [2.24, 2.45) is 0 Å². The van der Waals surface area contributed by atoms with Crippen LogP contribution >= 0.6 is 0 Å². The zero-order valence-corrected chi connectivity index (χ0v) is 9.48. The van der Waals surface area contributed by atoms with Gasteiger partial charge in [-0.1, -0.05) is 10.5 Å². The second kappa shape index (κ2) is 5.15. The van der Waals surface area contributed by atoms with Crippen LogP contribution in [0.3, 0.4) is 0 Å². The molecule has 0 saturated carbocycles. The quantitative estimate of drug-likeness (QED) is 0.439. The van der Waals surface area contributed by atoms with E-state index >= 15 is 0 Å². The molecule has 0 N–H and O–H groups in total. The van der Waals surface area contributed by atoms with Crippen molar-refractivity contribution in [2.75, 3.05) is 10.0 Å². The van der Waals surface area contributed by atoms with Crippen molar-refractivity contribution in [3.05, 3.63) is 24.3 Å². The summed E-state index contributed by atoms with van der Waals surface area (Å²) in [6.07, 6.45) is -17.5. The molecular formula is C9H4F10N2. The maximum Gasteiger partial charge on any atom is 0.512 e. The third kappa shape index (κ3) is 4.04. The van der Waals surface area contributed by atoms with Crippen molar-refractivity contribution in [1.82, 2.24) is 0 Å². The number of benzene rings is 1. The summed E-state index contributed by atoms with van der Waals surface area (Å²) < 4.78 is 123. The fourth-order valence-corrected chi connectivity index (χ4v) is 1.34. The summed E-state index contributed by atoms with van der Waals surface area (Å²) >= 11 is 0. The summed E-state index contributed by atoms with van der Waals surface area (Å²) in [6.45, 7) is 0. The van der Waals surface area contributed by atoms with Crippen LogP contribution in [-0.2, 0) is 0 Å². The third-order valence-electron chi connectivity index (χ3n) is 2.04. The van der Waals surface area contributed by atoms with Gasteiger partial charge in [-0.15, -0.1) is 44.6 Å². The molecule has 0 aliphatic carbocycles. The van der Waals surface area contributed by atoms with Gasteiger partial charge in [0.1, 0.15) is 0 Å². The highest BCUT2D eigenvalue weighted by atomic mass is 19.4. The van der Waals surface area contributed by atoms with Gasteiger partial charge in [-0.3, -0.25) is 0 Å². The standard InChI is InChI=1S/C9H4F10N2/c10-7(11,12)20(8(13,14)15)5-2-1-3-6(4-5)21(19)9(16,17)18/h1-4H. The molecular weight excluding hydrogens is 326 g/mol. The van der Waals surface area contributed by atoms with Crippen LogP contribution in [0.25, 0.3) is 0 Å². The van der Waals surface area contributed by atoms with E-state index in [1.54, 1.807) is 0 Å². The van der Waals surface area contributed by atoms with Crippen molar-refractivity contribution in [3.8, 4) is 0 Å². The molecule has 1 aromatic carbocycles. The minimum absolute atomic E-state index is 0.228. The molecule has 0 amide bonds. The molecule has 0 spiro atoms. The number of hydrogen-bond donors (Lipinski definition) is 0. The first-order chi connectivity index (χ1) is 9.24.